The van der Waals surface area contributed by atoms with Gasteiger partial charge in [-0.15, -0.1) is 0 Å². The first-order valence-electron chi connectivity index (χ1n) is 5.96. The van der Waals surface area contributed by atoms with Crippen LogP contribution >= 0.6 is 0 Å². The molecule has 18 heavy (non-hydrogen) atoms. The fourth-order valence-electron chi connectivity index (χ4n) is 1.56. The summed E-state index contributed by atoms with van der Waals surface area (Å²) in [6.07, 6.45) is 1.88. The lowest BCUT2D eigenvalue weighted by molar-refractivity contribution is 0.0949. The number of phenols is 2. The van der Waals surface area contributed by atoms with Crippen LogP contribution in [0.25, 0.3) is 0 Å². The summed E-state index contributed by atoms with van der Waals surface area (Å²) < 4.78 is 0. The van der Waals surface area contributed by atoms with Crippen LogP contribution in [0.3, 0.4) is 0 Å². The third-order valence-corrected chi connectivity index (χ3v) is 2.58. The Balaban J connectivity index is 2.39. The Morgan fingerprint density at radius 1 is 1.28 bits per heavy atom. The largest absolute Gasteiger partial charge is 0.504 e. The molecule has 0 aromatic heterocycles. The highest BCUT2D eigenvalue weighted by Crippen LogP contribution is 2.27. The molecule has 0 saturated heterocycles. The quantitative estimate of drug-likeness (QED) is 0.525. The predicted octanol–water partition coefficient (Wildman–Crippen LogP) is 1.17. The first-order valence-corrected chi connectivity index (χ1v) is 5.96. The minimum atomic E-state index is -0.372. The van der Waals surface area contributed by atoms with E-state index in [-0.39, 0.29) is 23.0 Å². The van der Waals surface area contributed by atoms with E-state index in [2.05, 4.69) is 10.2 Å². The van der Waals surface area contributed by atoms with Gasteiger partial charge < -0.3 is 20.4 Å². The summed E-state index contributed by atoms with van der Waals surface area (Å²) in [5.74, 6) is -1.02. The Morgan fingerprint density at radius 2 is 2.00 bits per heavy atom. The second-order valence-corrected chi connectivity index (χ2v) is 4.44. The standard InChI is InChI=1S/C13H20N2O3/c1-15(2)9-4-3-8-14-13(18)10-6-5-7-11(16)12(10)17/h5-7,16-17H,3-4,8-9H2,1-2H3,(H,14,18). The molecule has 0 aliphatic rings. The minimum absolute atomic E-state index is 0.0996. The van der Waals surface area contributed by atoms with Gasteiger partial charge in [0, 0.05) is 6.54 Å². The monoisotopic (exact) mass is 252 g/mol. The van der Waals surface area contributed by atoms with Gasteiger partial charge in [-0.3, -0.25) is 4.79 Å². The molecule has 100 valence electrons. The minimum Gasteiger partial charge on any atom is -0.504 e. The van der Waals surface area contributed by atoms with Gasteiger partial charge in [-0.05, 0) is 45.6 Å². The molecule has 0 fully saturated rings. The van der Waals surface area contributed by atoms with Gasteiger partial charge in [0.1, 0.15) is 0 Å². The van der Waals surface area contributed by atoms with E-state index < -0.39 is 0 Å². The van der Waals surface area contributed by atoms with E-state index in [0.717, 1.165) is 19.4 Å². The fraction of sp³-hybridized carbons (Fsp3) is 0.462. The summed E-state index contributed by atoms with van der Waals surface area (Å²) in [7, 11) is 4.01. The lowest BCUT2D eigenvalue weighted by Crippen LogP contribution is -2.25. The molecule has 3 N–H and O–H groups in total. The molecule has 1 amide bonds. The highest BCUT2D eigenvalue weighted by molar-refractivity contribution is 5.97. The number of nitrogens with one attached hydrogen (secondary N) is 1. The van der Waals surface area contributed by atoms with Crippen molar-refractivity contribution >= 4 is 5.91 Å². The number of rotatable bonds is 6. The van der Waals surface area contributed by atoms with Crippen LogP contribution in [0.1, 0.15) is 23.2 Å². The number of hydrogen-bond donors (Lipinski definition) is 3. The maximum atomic E-state index is 11.7. The Kier molecular flexibility index (Phi) is 5.45. The topological polar surface area (TPSA) is 72.8 Å². The number of amides is 1. The maximum Gasteiger partial charge on any atom is 0.255 e. The van der Waals surface area contributed by atoms with Gasteiger partial charge >= 0.3 is 0 Å². The fourth-order valence-corrected chi connectivity index (χ4v) is 1.56. The Hall–Kier alpha value is -1.75. The van der Waals surface area contributed by atoms with E-state index >= 15 is 0 Å². The number of carbonyl (C=O) groups is 1. The third-order valence-electron chi connectivity index (χ3n) is 2.58. The zero-order valence-electron chi connectivity index (χ0n) is 10.8. The van der Waals surface area contributed by atoms with Crippen LogP contribution in [-0.4, -0.2) is 48.2 Å². The van der Waals surface area contributed by atoms with Crippen LogP contribution in [0.2, 0.25) is 0 Å². The first kappa shape index (κ1) is 14.3. The number of phenolic OH excluding ortho intramolecular Hbond substituents is 2. The molecule has 0 aliphatic carbocycles. The van der Waals surface area contributed by atoms with Crippen LogP contribution in [0.4, 0.5) is 0 Å². The van der Waals surface area contributed by atoms with Gasteiger partial charge in [0.05, 0.1) is 5.56 Å². The normalized spacial score (nSPS) is 10.6. The second kappa shape index (κ2) is 6.86. The molecule has 0 heterocycles. The van der Waals surface area contributed by atoms with E-state index in [1.807, 2.05) is 14.1 Å². The van der Waals surface area contributed by atoms with Crippen LogP contribution < -0.4 is 5.32 Å². The number of para-hydroxylation sites is 1. The van der Waals surface area contributed by atoms with Crippen molar-refractivity contribution < 1.29 is 15.0 Å². The molecule has 1 aromatic rings. The van der Waals surface area contributed by atoms with Gasteiger partial charge in [-0.25, -0.2) is 0 Å². The van der Waals surface area contributed by atoms with E-state index in [1.165, 1.54) is 18.2 Å². The van der Waals surface area contributed by atoms with E-state index in [0.29, 0.717) is 6.54 Å². The SMILES string of the molecule is CN(C)CCCCNC(=O)c1cccc(O)c1O. The molecular formula is C13H20N2O3. The summed E-state index contributed by atoms with van der Waals surface area (Å²) in [6.45, 7) is 1.54. The summed E-state index contributed by atoms with van der Waals surface area (Å²) in [5.41, 5.74) is 0.0996. The predicted molar refractivity (Wildman–Crippen MR) is 69.9 cm³/mol. The molecular weight excluding hydrogens is 232 g/mol. The van der Waals surface area contributed by atoms with Crippen LogP contribution in [0, 0.1) is 0 Å². The zero-order valence-corrected chi connectivity index (χ0v) is 10.8. The molecule has 0 aliphatic heterocycles. The summed E-state index contributed by atoms with van der Waals surface area (Å²) in [6, 6.07) is 4.34. The van der Waals surface area contributed by atoms with Crippen LogP contribution in [0.15, 0.2) is 18.2 Å². The molecule has 0 saturated carbocycles. The molecule has 0 spiro atoms. The summed E-state index contributed by atoms with van der Waals surface area (Å²) in [5, 5.41) is 21.5. The summed E-state index contributed by atoms with van der Waals surface area (Å²) in [4.78, 5) is 13.8. The van der Waals surface area contributed by atoms with Gasteiger partial charge in [0.25, 0.3) is 5.91 Å². The molecule has 5 heteroatoms. The Morgan fingerprint density at radius 3 is 2.67 bits per heavy atom. The van der Waals surface area contributed by atoms with Crippen molar-refractivity contribution in [2.45, 2.75) is 12.8 Å². The number of benzene rings is 1. The lowest BCUT2D eigenvalue weighted by Gasteiger charge is -2.10. The van der Waals surface area contributed by atoms with Crippen molar-refractivity contribution in [3.05, 3.63) is 23.8 Å². The number of carbonyl (C=O) groups excluding carboxylic acids is 1. The Bertz CT molecular complexity index is 405. The first-order chi connectivity index (χ1) is 8.52. The van der Waals surface area contributed by atoms with Gasteiger partial charge in [0.15, 0.2) is 11.5 Å². The van der Waals surface area contributed by atoms with Crippen molar-refractivity contribution in [2.24, 2.45) is 0 Å². The lowest BCUT2D eigenvalue weighted by atomic mass is 10.1. The van der Waals surface area contributed by atoms with E-state index in [9.17, 15) is 15.0 Å². The van der Waals surface area contributed by atoms with Crippen molar-refractivity contribution in [2.75, 3.05) is 27.2 Å². The molecule has 1 aromatic carbocycles. The average Bonchev–Trinajstić information content (AvgIpc) is 2.31. The van der Waals surface area contributed by atoms with Crippen molar-refractivity contribution in [1.82, 2.24) is 10.2 Å². The van der Waals surface area contributed by atoms with Crippen molar-refractivity contribution in [1.29, 1.82) is 0 Å². The molecule has 0 atom stereocenters. The Labute approximate surface area is 107 Å². The maximum absolute atomic E-state index is 11.7. The van der Waals surface area contributed by atoms with Crippen LogP contribution in [0.5, 0.6) is 11.5 Å². The van der Waals surface area contributed by atoms with Gasteiger partial charge in [0.2, 0.25) is 0 Å². The van der Waals surface area contributed by atoms with Gasteiger partial charge in [-0.1, -0.05) is 6.07 Å². The number of unbranched alkanes of at least 4 members (excludes halogenated alkanes) is 1. The molecule has 0 bridgehead atoms. The summed E-state index contributed by atoms with van der Waals surface area (Å²) >= 11 is 0. The number of nitrogens with zero attached hydrogens (tertiary/aromatic N) is 1. The molecule has 0 radical (unpaired) electrons. The molecule has 0 unspecified atom stereocenters. The number of hydrogen-bond acceptors (Lipinski definition) is 4. The molecule has 1 rings (SSSR count). The average molecular weight is 252 g/mol. The third kappa shape index (κ3) is 4.25. The number of aromatic hydroxyl groups is 2. The highest BCUT2D eigenvalue weighted by atomic mass is 16.3. The zero-order chi connectivity index (χ0) is 13.5. The van der Waals surface area contributed by atoms with E-state index in [4.69, 9.17) is 0 Å². The molecule has 5 nitrogen and oxygen atoms in total. The second-order valence-electron chi connectivity index (χ2n) is 4.44. The van der Waals surface area contributed by atoms with Gasteiger partial charge in [-0.2, -0.15) is 0 Å². The van der Waals surface area contributed by atoms with Crippen LogP contribution in [-0.2, 0) is 0 Å². The van der Waals surface area contributed by atoms with E-state index in [1.54, 1.807) is 0 Å². The van der Waals surface area contributed by atoms with Crippen molar-refractivity contribution in [3.8, 4) is 11.5 Å². The smallest absolute Gasteiger partial charge is 0.255 e. The highest BCUT2D eigenvalue weighted by Gasteiger charge is 2.12. The van der Waals surface area contributed by atoms with Crippen molar-refractivity contribution in [3.63, 3.8) is 0 Å².